The van der Waals surface area contributed by atoms with Crippen molar-refractivity contribution >= 4 is 15.1 Å². The molecule has 2 radical (unpaired) electrons. The molecule has 1 fully saturated rings. The third-order valence-electron chi connectivity index (χ3n) is 3.18. The Kier molecular flexibility index (Phi) is 5.71. The maximum absolute atomic E-state index is 12.3. The summed E-state index contributed by atoms with van der Waals surface area (Å²) in [5, 5.41) is 3.21. The Hall–Kier alpha value is 0.175. The van der Waals surface area contributed by atoms with Crippen molar-refractivity contribution < 1.29 is 14.0 Å². The largest absolute Gasteiger partial charge is 0.381 e. The average Bonchev–Trinajstić information content (AvgIpc) is 2.54. The molecule has 6 heteroatoms. The van der Waals surface area contributed by atoms with E-state index in [4.69, 9.17) is 17.3 Å². The quantitative estimate of drug-likeness (QED) is 0.581. The first-order valence-electron chi connectivity index (χ1n) is 6.20. The van der Waals surface area contributed by atoms with E-state index in [2.05, 4.69) is 5.09 Å². The topological polar surface area (TPSA) is 47.6 Å². The molecule has 0 amide bonds. The normalized spacial score (nSPS) is 32.9. The highest BCUT2D eigenvalue weighted by molar-refractivity contribution is 7.61. The van der Waals surface area contributed by atoms with Crippen LogP contribution in [0.2, 0.25) is 0 Å². The van der Waals surface area contributed by atoms with Crippen molar-refractivity contribution in [1.29, 1.82) is 0 Å². The van der Waals surface area contributed by atoms with Gasteiger partial charge in [-0.15, -0.1) is 0 Å². The highest BCUT2D eigenvalue weighted by atomic mass is 31.2. The number of hydrogen-bond donors (Lipinski definition) is 1. The van der Waals surface area contributed by atoms with Crippen LogP contribution in [0, 0.1) is 0 Å². The van der Waals surface area contributed by atoms with Crippen LogP contribution in [0.1, 0.15) is 27.2 Å². The molecular formula is C11H23BNO3P. The minimum atomic E-state index is -2.35. The van der Waals surface area contributed by atoms with E-state index in [1.54, 1.807) is 6.66 Å². The predicted molar refractivity (Wildman–Crippen MR) is 71.1 cm³/mol. The summed E-state index contributed by atoms with van der Waals surface area (Å²) in [4.78, 5) is 0. The van der Waals surface area contributed by atoms with Crippen molar-refractivity contribution in [3.8, 4) is 0 Å². The molecule has 1 heterocycles. The van der Waals surface area contributed by atoms with Gasteiger partial charge in [-0.25, -0.2) is 0 Å². The molecule has 17 heavy (non-hydrogen) atoms. The highest BCUT2D eigenvalue weighted by Crippen LogP contribution is 2.43. The summed E-state index contributed by atoms with van der Waals surface area (Å²) < 4.78 is 23.3. The zero-order chi connectivity index (χ0) is 13.1. The van der Waals surface area contributed by atoms with Gasteiger partial charge in [0.05, 0.1) is 12.7 Å². The first kappa shape index (κ1) is 15.2. The molecule has 1 N–H and O–H groups in total. The Morgan fingerprint density at radius 3 is 2.76 bits per heavy atom. The summed E-state index contributed by atoms with van der Waals surface area (Å²) in [5.41, 5.74) is 0.118. The first-order valence-corrected chi connectivity index (χ1v) is 8.43. The van der Waals surface area contributed by atoms with Crippen molar-refractivity contribution in [2.24, 2.45) is 0 Å². The van der Waals surface area contributed by atoms with Gasteiger partial charge in [0, 0.05) is 31.0 Å². The lowest BCUT2D eigenvalue weighted by atomic mass is 9.95. The van der Waals surface area contributed by atoms with E-state index >= 15 is 0 Å². The Balaban J connectivity index is 2.58. The maximum Gasteiger partial charge on any atom is 0.147 e. The molecule has 4 nitrogen and oxygen atoms in total. The minimum absolute atomic E-state index is 0.0229. The third-order valence-corrected chi connectivity index (χ3v) is 5.99. The molecule has 0 saturated carbocycles. The van der Waals surface area contributed by atoms with E-state index in [1.807, 2.05) is 20.8 Å². The van der Waals surface area contributed by atoms with Crippen molar-refractivity contribution in [3.63, 3.8) is 0 Å². The van der Waals surface area contributed by atoms with Crippen LogP contribution in [0.15, 0.2) is 0 Å². The highest BCUT2D eigenvalue weighted by Gasteiger charge is 2.36. The number of ether oxygens (including phenoxy) is 2. The van der Waals surface area contributed by atoms with Crippen molar-refractivity contribution in [2.45, 2.75) is 51.0 Å². The van der Waals surface area contributed by atoms with Crippen LogP contribution < -0.4 is 5.09 Å². The van der Waals surface area contributed by atoms with Crippen LogP contribution in [0.4, 0.5) is 0 Å². The second-order valence-corrected chi connectivity index (χ2v) is 8.20. The van der Waals surface area contributed by atoms with Gasteiger partial charge in [-0.1, -0.05) is 13.8 Å². The van der Waals surface area contributed by atoms with Gasteiger partial charge in [0.25, 0.3) is 0 Å². The Morgan fingerprint density at radius 2 is 2.24 bits per heavy atom. The van der Waals surface area contributed by atoms with E-state index in [1.165, 1.54) is 0 Å². The van der Waals surface area contributed by atoms with Crippen LogP contribution >= 0.6 is 7.29 Å². The van der Waals surface area contributed by atoms with E-state index < -0.39 is 7.29 Å². The summed E-state index contributed by atoms with van der Waals surface area (Å²) >= 11 is 0. The molecule has 4 atom stereocenters. The minimum Gasteiger partial charge on any atom is -0.381 e. The zero-order valence-electron chi connectivity index (χ0n) is 11.2. The number of rotatable bonds is 6. The third kappa shape index (κ3) is 4.40. The second-order valence-electron chi connectivity index (χ2n) is 4.93. The molecule has 1 aliphatic heterocycles. The summed E-state index contributed by atoms with van der Waals surface area (Å²) in [5.74, 6) is 0. The van der Waals surface area contributed by atoms with Gasteiger partial charge < -0.3 is 14.0 Å². The molecule has 0 spiro atoms. The number of nitrogens with one attached hydrogen (secondary N) is 1. The van der Waals surface area contributed by atoms with E-state index in [0.717, 1.165) is 0 Å². The van der Waals surface area contributed by atoms with Gasteiger partial charge in [-0.3, -0.25) is 5.09 Å². The molecule has 1 saturated heterocycles. The van der Waals surface area contributed by atoms with Crippen LogP contribution in [0.25, 0.3) is 0 Å². The average molecular weight is 259 g/mol. The molecule has 98 valence electrons. The summed E-state index contributed by atoms with van der Waals surface area (Å²) in [6, 6.07) is -0.264. The Morgan fingerprint density at radius 1 is 1.59 bits per heavy atom. The van der Waals surface area contributed by atoms with E-state index in [0.29, 0.717) is 19.6 Å². The molecule has 0 bridgehead atoms. The molecule has 0 aromatic carbocycles. The van der Waals surface area contributed by atoms with Crippen molar-refractivity contribution in [2.75, 3.05) is 19.9 Å². The van der Waals surface area contributed by atoms with Crippen LogP contribution in [-0.4, -0.2) is 51.5 Å². The van der Waals surface area contributed by atoms with Gasteiger partial charge >= 0.3 is 0 Å². The molecule has 0 aromatic rings. The van der Waals surface area contributed by atoms with Gasteiger partial charge in [0.15, 0.2) is 0 Å². The molecule has 1 rings (SSSR count). The van der Waals surface area contributed by atoms with Crippen LogP contribution in [0.3, 0.4) is 0 Å². The van der Waals surface area contributed by atoms with Gasteiger partial charge in [0.2, 0.25) is 0 Å². The maximum atomic E-state index is 12.3. The van der Waals surface area contributed by atoms with E-state index in [9.17, 15) is 4.57 Å². The fraction of sp³-hybridized carbons (Fsp3) is 1.00. The number of hydrogen-bond acceptors (Lipinski definition) is 3. The smallest absolute Gasteiger partial charge is 0.147 e. The zero-order valence-corrected chi connectivity index (χ0v) is 12.1. The van der Waals surface area contributed by atoms with Gasteiger partial charge in [-0.2, -0.15) is 0 Å². The molecule has 1 aliphatic rings. The lowest BCUT2D eigenvalue weighted by molar-refractivity contribution is 0.00457. The summed E-state index contributed by atoms with van der Waals surface area (Å²) in [6.07, 6.45) is 0.583. The van der Waals surface area contributed by atoms with Crippen LogP contribution in [-0.2, 0) is 14.0 Å². The summed E-state index contributed by atoms with van der Waals surface area (Å²) in [7, 11) is 3.42. The standard InChI is InChI=1S/C11H23BNO3P/c1-5-15-7-10-9(6-11(12)16-10)13-17(4,14)8(2)3/h8-11H,5-7H2,1-4H3,(H,13,14)/t9?,10-,11-,17?/m1/s1. The lowest BCUT2D eigenvalue weighted by Gasteiger charge is -2.26. The first-order chi connectivity index (χ1) is 7.86. The molecule has 0 aromatic heterocycles. The van der Waals surface area contributed by atoms with Gasteiger partial charge in [0.1, 0.15) is 15.1 Å². The second kappa shape index (κ2) is 6.37. The van der Waals surface area contributed by atoms with Gasteiger partial charge in [-0.05, 0) is 13.3 Å². The van der Waals surface area contributed by atoms with Crippen molar-refractivity contribution in [3.05, 3.63) is 0 Å². The van der Waals surface area contributed by atoms with E-state index in [-0.39, 0.29) is 23.8 Å². The lowest BCUT2D eigenvalue weighted by Crippen LogP contribution is -2.38. The predicted octanol–water partition coefficient (Wildman–Crippen LogP) is 1.58. The Bertz CT molecular complexity index is 288. The summed E-state index contributed by atoms with van der Waals surface area (Å²) in [6.45, 7) is 8.78. The monoisotopic (exact) mass is 259 g/mol. The fourth-order valence-corrected chi connectivity index (χ4v) is 3.01. The SMILES string of the molecule is [B][C@H]1CC(NP(C)(=O)C(C)C)[C@@H](COCC)O1. The molecule has 0 aliphatic carbocycles. The Labute approximate surface area is 106 Å². The fourth-order valence-electron chi connectivity index (χ4n) is 1.78. The molecular weight excluding hydrogens is 236 g/mol. The van der Waals surface area contributed by atoms with Crippen molar-refractivity contribution in [1.82, 2.24) is 5.09 Å². The molecule has 2 unspecified atom stereocenters. The van der Waals surface area contributed by atoms with Crippen LogP contribution in [0.5, 0.6) is 0 Å².